The van der Waals surface area contributed by atoms with Crippen molar-refractivity contribution in [3.63, 3.8) is 0 Å². The van der Waals surface area contributed by atoms with Crippen LogP contribution in [0, 0.1) is 6.92 Å². The molecule has 1 aromatic heterocycles. The maximum atomic E-state index is 4.51. The zero-order chi connectivity index (χ0) is 13.8. The molecule has 0 atom stereocenters. The van der Waals surface area contributed by atoms with E-state index in [1.54, 1.807) is 0 Å². The minimum absolute atomic E-state index is 0.971. The van der Waals surface area contributed by atoms with Crippen LogP contribution in [0.2, 0.25) is 0 Å². The number of allylic oxidation sites excluding steroid dienone is 1. The van der Waals surface area contributed by atoms with Crippen LogP contribution in [0.1, 0.15) is 32.3 Å². The molecule has 0 spiro atoms. The van der Waals surface area contributed by atoms with Crippen molar-refractivity contribution >= 4 is 17.7 Å². The van der Waals surface area contributed by atoms with Crippen LogP contribution in [0.15, 0.2) is 23.9 Å². The van der Waals surface area contributed by atoms with Crippen LogP contribution < -0.4 is 4.90 Å². The summed E-state index contributed by atoms with van der Waals surface area (Å²) < 4.78 is 2.34. The number of hydrogen-bond acceptors (Lipinski definition) is 2. The first-order valence-electron chi connectivity index (χ1n) is 7.13. The van der Waals surface area contributed by atoms with Gasteiger partial charge in [-0.25, -0.2) is 4.98 Å². The van der Waals surface area contributed by atoms with Crippen molar-refractivity contribution in [2.24, 2.45) is 0 Å². The second kappa shape index (κ2) is 6.00. The molecule has 3 heteroatoms. The fourth-order valence-electron chi connectivity index (χ4n) is 2.30. The highest BCUT2D eigenvalue weighted by Crippen LogP contribution is 2.24. The predicted octanol–water partition coefficient (Wildman–Crippen LogP) is 3.30. The molecular weight excluding hydrogens is 234 g/mol. The lowest BCUT2D eigenvalue weighted by Gasteiger charge is -2.17. The van der Waals surface area contributed by atoms with Crippen LogP contribution in [0.5, 0.6) is 0 Å². The normalized spacial score (nSPS) is 14.9. The molecule has 1 aliphatic heterocycles. The first kappa shape index (κ1) is 13.8. The summed E-state index contributed by atoms with van der Waals surface area (Å²) >= 11 is 0. The van der Waals surface area contributed by atoms with Gasteiger partial charge in [-0.3, -0.25) is 0 Å². The number of nitrogens with zero attached hydrogens (tertiary/aromatic N) is 3. The summed E-state index contributed by atoms with van der Waals surface area (Å²) in [5.41, 5.74) is 4.04. The third kappa shape index (κ3) is 3.03. The summed E-state index contributed by atoms with van der Waals surface area (Å²) in [6, 6.07) is 2.19. The van der Waals surface area contributed by atoms with E-state index in [4.69, 9.17) is 0 Å². The Morgan fingerprint density at radius 3 is 2.74 bits per heavy atom. The van der Waals surface area contributed by atoms with E-state index in [1.165, 1.54) is 16.8 Å². The van der Waals surface area contributed by atoms with Crippen molar-refractivity contribution in [2.75, 3.05) is 25.0 Å². The maximum Gasteiger partial charge on any atom is 0.213 e. The van der Waals surface area contributed by atoms with Crippen LogP contribution >= 0.6 is 0 Å². The number of hydrogen-bond donors (Lipinski definition) is 0. The van der Waals surface area contributed by atoms with Gasteiger partial charge in [-0.1, -0.05) is 12.5 Å². The van der Waals surface area contributed by atoms with Gasteiger partial charge < -0.3 is 4.90 Å². The van der Waals surface area contributed by atoms with Crippen molar-refractivity contribution in [3.8, 4) is 0 Å². The summed E-state index contributed by atoms with van der Waals surface area (Å²) in [7, 11) is 2.08. The molecule has 0 N–H and O–H groups in total. The number of rotatable bonds is 4. The van der Waals surface area contributed by atoms with Crippen molar-refractivity contribution in [1.82, 2.24) is 4.98 Å². The number of anilines is 1. The number of aryl methyl sites for hydroxylation is 1. The molecule has 3 nitrogen and oxygen atoms in total. The van der Waals surface area contributed by atoms with E-state index in [-0.39, 0.29) is 0 Å². The highest BCUT2D eigenvalue weighted by atomic mass is 15.2. The summed E-state index contributed by atoms with van der Waals surface area (Å²) in [4.78, 5) is 6.67. The van der Waals surface area contributed by atoms with E-state index >= 15 is 0 Å². The minimum atomic E-state index is 0.971. The molecule has 0 bridgehead atoms. The third-order valence-corrected chi connectivity index (χ3v) is 3.85. The van der Waals surface area contributed by atoms with E-state index in [0.717, 1.165) is 31.7 Å². The van der Waals surface area contributed by atoms with Gasteiger partial charge in [0.05, 0.1) is 6.07 Å². The Labute approximate surface area is 116 Å². The van der Waals surface area contributed by atoms with Gasteiger partial charge >= 0.3 is 0 Å². The Morgan fingerprint density at radius 2 is 2.16 bits per heavy atom. The van der Waals surface area contributed by atoms with Gasteiger partial charge in [-0.2, -0.15) is 4.58 Å². The third-order valence-electron chi connectivity index (χ3n) is 3.85. The average Bonchev–Trinajstić information content (AvgIpc) is 2.47. The summed E-state index contributed by atoms with van der Waals surface area (Å²) in [6.45, 7) is 8.54. The van der Waals surface area contributed by atoms with Crippen LogP contribution in [-0.4, -0.2) is 35.9 Å². The molecule has 2 heterocycles. The lowest BCUT2D eigenvalue weighted by molar-refractivity contribution is -0.436. The van der Waals surface area contributed by atoms with Crippen molar-refractivity contribution < 1.29 is 4.58 Å². The van der Waals surface area contributed by atoms with Crippen LogP contribution in [-0.2, 0) is 0 Å². The fourth-order valence-corrected chi connectivity index (χ4v) is 2.30. The zero-order valence-electron chi connectivity index (χ0n) is 12.5. The van der Waals surface area contributed by atoms with Gasteiger partial charge in [0.2, 0.25) is 5.69 Å². The van der Waals surface area contributed by atoms with Gasteiger partial charge in [0, 0.05) is 37.8 Å². The van der Waals surface area contributed by atoms with E-state index in [2.05, 4.69) is 60.6 Å². The second-order valence-corrected chi connectivity index (χ2v) is 5.11. The highest BCUT2D eigenvalue weighted by molar-refractivity contribution is 5.70. The lowest BCUT2D eigenvalue weighted by atomic mass is 10.1. The van der Waals surface area contributed by atoms with Gasteiger partial charge in [-0.15, -0.1) is 0 Å². The highest BCUT2D eigenvalue weighted by Gasteiger charge is 2.17. The fraction of sp³-hybridized carbons (Fsp3) is 0.500. The molecule has 1 aliphatic rings. The monoisotopic (exact) mass is 258 g/mol. The van der Waals surface area contributed by atoms with Crippen LogP contribution in [0.25, 0.3) is 0 Å². The van der Waals surface area contributed by atoms with Crippen LogP contribution in [0.3, 0.4) is 0 Å². The number of aromatic nitrogens is 1. The van der Waals surface area contributed by atoms with E-state index in [1.807, 2.05) is 6.20 Å². The molecule has 19 heavy (non-hydrogen) atoms. The quantitative estimate of drug-likeness (QED) is 0.772. The van der Waals surface area contributed by atoms with E-state index < -0.39 is 0 Å². The standard InChI is InChI=1S/C16H24N3/c1-5-14-7-9-19(10-8-14)15-11-16(18(4)6-2)17-12-13(15)3/h7,9,11-12H,5-6,8,10H2,1-4H3/q+1. The Kier molecular flexibility index (Phi) is 4.35. The molecule has 102 valence electrons. The minimum Gasteiger partial charge on any atom is -0.360 e. The molecule has 2 rings (SSSR count). The average molecular weight is 258 g/mol. The number of pyridine rings is 1. The Balaban J connectivity index is 2.34. The van der Waals surface area contributed by atoms with Gasteiger partial charge in [0.15, 0.2) is 12.8 Å². The van der Waals surface area contributed by atoms with Gasteiger partial charge in [-0.05, 0) is 20.3 Å². The van der Waals surface area contributed by atoms with Crippen molar-refractivity contribution in [1.29, 1.82) is 0 Å². The molecule has 0 amide bonds. The first-order chi connectivity index (χ1) is 9.15. The van der Waals surface area contributed by atoms with Crippen LogP contribution in [0.4, 0.5) is 11.5 Å². The zero-order valence-corrected chi connectivity index (χ0v) is 12.5. The summed E-state index contributed by atoms with van der Waals surface area (Å²) in [5.74, 6) is 1.04. The Hall–Kier alpha value is -1.64. The maximum absolute atomic E-state index is 4.51. The van der Waals surface area contributed by atoms with Crippen molar-refractivity contribution in [3.05, 3.63) is 29.5 Å². The molecule has 0 fully saturated rings. The molecule has 1 aromatic rings. The molecule has 0 aromatic carbocycles. The van der Waals surface area contributed by atoms with Gasteiger partial charge in [0.1, 0.15) is 5.82 Å². The molecular formula is C16H24N3+. The predicted molar refractivity (Wildman–Crippen MR) is 81.8 cm³/mol. The van der Waals surface area contributed by atoms with E-state index in [0.29, 0.717) is 0 Å². The van der Waals surface area contributed by atoms with Crippen molar-refractivity contribution in [2.45, 2.75) is 33.6 Å². The molecule has 0 saturated heterocycles. The molecule has 0 aliphatic carbocycles. The second-order valence-electron chi connectivity index (χ2n) is 5.11. The Bertz CT molecular complexity index is 515. The molecule has 0 unspecified atom stereocenters. The van der Waals surface area contributed by atoms with E-state index in [9.17, 15) is 0 Å². The Morgan fingerprint density at radius 1 is 1.37 bits per heavy atom. The topological polar surface area (TPSA) is 19.1 Å². The summed E-state index contributed by atoms with van der Waals surface area (Å²) in [6.07, 6.45) is 8.76. The molecule has 0 radical (unpaired) electrons. The lowest BCUT2D eigenvalue weighted by Crippen LogP contribution is -2.19. The summed E-state index contributed by atoms with van der Waals surface area (Å²) in [5, 5.41) is 0. The first-order valence-corrected chi connectivity index (χ1v) is 7.13. The molecule has 0 saturated carbocycles. The SMILES string of the molecule is CCC1=CC=[N+](c2cc(N(C)CC)ncc2C)CC1. The smallest absolute Gasteiger partial charge is 0.213 e. The largest absolute Gasteiger partial charge is 0.360 e. The van der Waals surface area contributed by atoms with Gasteiger partial charge in [0.25, 0.3) is 0 Å².